The van der Waals surface area contributed by atoms with Gasteiger partial charge < -0.3 is 10.4 Å². The van der Waals surface area contributed by atoms with Crippen molar-refractivity contribution in [3.05, 3.63) is 17.0 Å². The molecule has 98 valence electrons. The van der Waals surface area contributed by atoms with Gasteiger partial charge in [0.15, 0.2) is 0 Å². The zero-order valence-corrected chi connectivity index (χ0v) is 11.6. The van der Waals surface area contributed by atoms with Crippen molar-refractivity contribution in [3.8, 4) is 0 Å². The van der Waals surface area contributed by atoms with Gasteiger partial charge in [-0.05, 0) is 25.8 Å². The van der Waals surface area contributed by atoms with Crippen LogP contribution in [0.3, 0.4) is 0 Å². The summed E-state index contributed by atoms with van der Waals surface area (Å²) < 4.78 is 1.92. The van der Waals surface area contributed by atoms with Crippen LogP contribution >= 0.6 is 0 Å². The molecule has 0 aliphatic rings. The van der Waals surface area contributed by atoms with Gasteiger partial charge in [-0.25, -0.2) is 0 Å². The topological polar surface area (TPSA) is 50.1 Å². The van der Waals surface area contributed by atoms with Crippen LogP contribution in [0, 0.1) is 13.8 Å². The van der Waals surface area contributed by atoms with Crippen LogP contribution in [0.2, 0.25) is 0 Å². The molecule has 0 radical (unpaired) electrons. The second-order valence-corrected chi connectivity index (χ2v) is 4.90. The predicted molar refractivity (Wildman–Crippen MR) is 70.2 cm³/mol. The van der Waals surface area contributed by atoms with E-state index in [4.69, 9.17) is 0 Å². The van der Waals surface area contributed by atoms with E-state index < -0.39 is 0 Å². The molecule has 1 heterocycles. The van der Waals surface area contributed by atoms with E-state index >= 15 is 0 Å². The van der Waals surface area contributed by atoms with Crippen LogP contribution in [0.4, 0.5) is 0 Å². The van der Waals surface area contributed by atoms with E-state index in [0.29, 0.717) is 19.1 Å². The van der Waals surface area contributed by atoms with Crippen LogP contribution in [-0.4, -0.2) is 33.6 Å². The molecular formula is C13H25N3O. The molecule has 0 saturated carbocycles. The van der Waals surface area contributed by atoms with Gasteiger partial charge in [0, 0.05) is 18.3 Å². The molecule has 0 spiro atoms. The van der Waals surface area contributed by atoms with E-state index in [-0.39, 0.29) is 6.10 Å². The lowest BCUT2D eigenvalue weighted by Gasteiger charge is -2.15. The number of rotatable bonds is 6. The summed E-state index contributed by atoms with van der Waals surface area (Å²) in [5.74, 6) is 0. The molecule has 1 aromatic rings. The Morgan fingerprint density at radius 2 is 2.00 bits per heavy atom. The van der Waals surface area contributed by atoms with Gasteiger partial charge in [0.2, 0.25) is 0 Å². The van der Waals surface area contributed by atoms with E-state index in [1.165, 1.54) is 11.3 Å². The number of aliphatic hydroxyl groups excluding tert-OH is 1. The molecule has 2 N–H and O–H groups in total. The third-order valence-electron chi connectivity index (χ3n) is 3.03. The van der Waals surface area contributed by atoms with Gasteiger partial charge in [-0.15, -0.1) is 0 Å². The van der Waals surface area contributed by atoms with Gasteiger partial charge in [0.05, 0.1) is 18.3 Å². The Balaban J connectivity index is 2.62. The average molecular weight is 239 g/mol. The maximum atomic E-state index is 9.93. The second kappa shape index (κ2) is 6.17. The third-order valence-corrected chi connectivity index (χ3v) is 3.03. The first kappa shape index (κ1) is 14.2. The van der Waals surface area contributed by atoms with Crippen molar-refractivity contribution in [1.29, 1.82) is 0 Å². The monoisotopic (exact) mass is 239 g/mol. The molecule has 0 bridgehead atoms. The largest absolute Gasteiger partial charge is 0.390 e. The zero-order valence-electron chi connectivity index (χ0n) is 11.6. The third kappa shape index (κ3) is 3.82. The van der Waals surface area contributed by atoms with Gasteiger partial charge in [-0.2, -0.15) is 5.10 Å². The molecule has 1 aromatic heterocycles. The predicted octanol–water partition coefficient (Wildman–Crippen LogP) is 1.42. The van der Waals surface area contributed by atoms with Gasteiger partial charge >= 0.3 is 0 Å². The van der Waals surface area contributed by atoms with Gasteiger partial charge in [-0.1, -0.05) is 20.8 Å². The first-order valence-electron chi connectivity index (χ1n) is 6.40. The van der Waals surface area contributed by atoms with Crippen molar-refractivity contribution < 1.29 is 5.11 Å². The van der Waals surface area contributed by atoms with Crippen molar-refractivity contribution in [1.82, 2.24) is 15.1 Å². The Hall–Kier alpha value is -0.870. The molecule has 0 fully saturated rings. The highest BCUT2D eigenvalue weighted by Crippen LogP contribution is 2.13. The quantitative estimate of drug-likeness (QED) is 0.789. The summed E-state index contributed by atoms with van der Waals surface area (Å²) >= 11 is 0. The van der Waals surface area contributed by atoms with Crippen LogP contribution in [0.1, 0.15) is 37.7 Å². The molecule has 0 amide bonds. The molecule has 17 heavy (non-hydrogen) atoms. The Labute approximate surface area is 104 Å². The van der Waals surface area contributed by atoms with Crippen LogP contribution in [-0.2, 0) is 13.0 Å². The van der Waals surface area contributed by atoms with E-state index in [1.54, 1.807) is 0 Å². The molecule has 1 rings (SSSR count). The molecule has 0 saturated heterocycles. The fraction of sp³-hybridized carbons (Fsp3) is 0.769. The summed E-state index contributed by atoms with van der Waals surface area (Å²) in [4.78, 5) is 0. The lowest BCUT2D eigenvalue weighted by molar-refractivity contribution is 0.143. The number of aryl methyl sites for hydroxylation is 1. The second-order valence-electron chi connectivity index (χ2n) is 4.90. The summed E-state index contributed by atoms with van der Waals surface area (Å²) in [6, 6.07) is 0.399. The minimum Gasteiger partial charge on any atom is -0.390 e. The molecule has 1 unspecified atom stereocenters. The standard InChI is InChI=1S/C13H25N3O/c1-6-13-10(4)15-16(11(13)5)8-12(17)7-14-9(2)3/h9,12,14,17H,6-8H2,1-5H3. The maximum Gasteiger partial charge on any atom is 0.0860 e. The normalized spacial score (nSPS) is 13.4. The van der Waals surface area contributed by atoms with Crippen molar-refractivity contribution >= 4 is 0 Å². The molecule has 0 aliphatic carbocycles. The summed E-state index contributed by atoms with van der Waals surface area (Å²) in [5, 5.41) is 17.6. The van der Waals surface area contributed by atoms with Gasteiger partial charge in [0.25, 0.3) is 0 Å². The van der Waals surface area contributed by atoms with Crippen molar-refractivity contribution in [3.63, 3.8) is 0 Å². The summed E-state index contributed by atoms with van der Waals surface area (Å²) in [6.07, 6.45) is 0.609. The summed E-state index contributed by atoms with van der Waals surface area (Å²) in [6.45, 7) is 11.6. The summed E-state index contributed by atoms with van der Waals surface area (Å²) in [7, 11) is 0. The number of aliphatic hydroxyl groups is 1. The molecule has 1 atom stereocenters. The SMILES string of the molecule is CCc1c(C)nn(CC(O)CNC(C)C)c1C. The molecule has 4 nitrogen and oxygen atoms in total. The van der Waals surface area contributed by atoms with Gasteiger partial charge in [0.1, 0.15) is 0 Å². The maximum absolute atomic E-state index is 9.93. The Bertz CT molecular complexity index is 358. The first-order valence-corrected chi connectivity index (χ1v) is 6.40. The van der Waals surface area contributed by atoms with Crippen LogP contribution < -0.4 is 5.32 Å². The number of hydrogen-bond donors (Lipinski definition) is 2. The highest BCUT2D eigenvalue weighted by atomic mass is 16.3. The average Bonchev–Trinajstić information content (AvgIpc) is 2.51. The fourth-order valence-electron chi connectivity index (χ4n) is 2.06. The molecular weight excluding hydrogens is 214 g/mol. The number of nitrogens with one attached hydrogen (secondary N) is 1. The van der Waals surface area contributed by atoms with E-state index in [2.05, 4.69) is 38.1 Å². The Kier molecular flexibility index (Phi) is 5.15. The van der Waals surface area contributed by atoms with Crippen LogP contribution in [0.25, 0.3) is 0 Å². The van der Waals surface area contributed by atoms with Crippen molar-refractivity contribution in [2.75, 3.05) is 6.54 Å². The number of hydrogen-bond acceptors (Lipinski definition) is 3. The van der Waals surface area contributed by atoms with E-state index in [0.717, 1.165) is 12.1 Å². The highest BCUT2D eigenvalue weighted by Gasteiger charge is 2.13. The minimum absolute atomic E-state index is 0.389. The molecule has 4 heteroatoms. The lowest BCUT2D eigenvalue weighted by atomic mass is 10.1. The van der Waals surface area contributed by atoms with Gasteiger partial charge in [-0.3, -0.25) is 4.68 Å². The first-order chi connectivity index (χ1) is 7.95. The fourth-order valence-corrected chi connectivity index (χ4v) is 2.06. The summed E-state index contributed by atoms with van der Waals surface area (Å²) in [5.41, 5.74) is 3.55. The molecule has 0 aliphatic heterocycles. The molecule has 0 aromatic carbocycles. The van der Waals surface area contributed by atoms with Crippen LogP contribution in [0.15, 0.2) is 0 Å². The van der Waals surface area contributed by atoms with E-state index in [9.17, 15) is 5.11 Å². The zero-order chi connectivity index (χ0) is 13.0. The van der Waals surface area contributed by atoms with E-state index in [1.807, 2.05) is 11.6 Å². The Morgan fingerprint density at radius 1 is 1.35 bits per heavy atom. The number of nitrogens with zero attached hydrogens (tertiary/aromatic N) is 2. The minimum atomic E-state index is -0.389. The Morgan fingerprint density at radius 3 is 2.47 bits per heavy atom. The van der Waals surface area contributed by atoms with Crippen molar-refractivity contribution in [2.45, 2.75) is 59.7 Å². The van der Waals surface area contributed by atoms with Crippen LogP contribution in [0.5, 0.6) is 0 Å². The number of aromatic nitrogens is 2. The smallest absolute Gasteiger partial charge is 0.0860 e. The highest BCUT2D eigenvalue weighted by molar-refractivity contribution is 5.24. The lowest BCUT2D eigenvalue weighted by Crippen LogP contribution is -2.34. The van der Waals surface area contributed by atoms with Crippen molar-refractivity contribution in [2.24, 2.45) is 0 Å².